The predicted molar refractivity (Wildman–Crippen MR) is 81.9 cm³/mol. The van der Waals surface area contributed by atoms with Gasteiger partial charge in [0.1, 0.15) is 5.75 Å². The lowest BCUT2D eigenvalue weighted by molar-refractivity contribution is -0.128. The van der Waals surface area contributed by atoms with Crippen molar-refractivity contribution in [2.75, 3.05) is 24.6 Å². The zero-order valence-corrected chi connectivity index (χ0v) is 12.7. The SMILES string of the molecule is Cc1ccc(N)cc1S(=O)CC(=O)N1CCCCCC1. The lowest BCUT2D eigenvalue weighted by Gasteiger charge is -2.20. The minimum atomic E-state index is -1.31. The topological polar surface area (TPSA) is 63.4 Å². The summed E-state index contributed by atoms with van der Waals surface area (Å²) < 4.78 is 12.4. The average Bonchev–Trinajstić information content (AvgIpc) is 2.70. The number of carbonyl (C=O) groups is 1. The van der Waals surface area contributed by atoms with Gasteiger partial charge in [-0.25, -0.2) is 0 Å². The molecule has 0 radical (unpaired) electrons. The molecule has 1 heterocycles. The maximum Gasteiger partial charge on any atom is 0.235 e. The van der Waals surface area contributed by atoms with Crippen LogP contribution in [0.15, 0.2) is 23.1 Å². The van der Waals surface area contributed by atoms with Gasteiger partial charge in [-0.15, -0.1) is 0 Å². The van der Waals surface area contributed by atoms with E-state index in [1.165, 1.54) is 12.8 Å². The number of hydrogen-bond donors (Lipinski definition) is 1. The Hall–Kier alpha value is -1.36. The summed E-state index contributed by atoms with van der Waals surface area (Å²) in [5, 5.41) is 0. The van der Waals surface area contributed by atoms with Crippen molar-refractivity contribution in [1.82, 2.24) is 4.90 Å². The summed E-state index contributed by atoms with van der Waals surface area (Å²) in [5.74, 6) is 0.0525. The maximum absolute atomic E-state index is 12.4. The lowest BCUT2D eigenvalue weighted by Crippen LogP contribution is -2.35. The van der Waals surface area contributed by atoms with Gasteiger partial charge in [0, 0.05) is 23.7 Å². The average molecular weight is 294 g/mol. The lowest BCUT2D eigenvalue weighted by atomic mass is 10.2. The summed E-state index contributed by atoms with van der Waals surface area (Å²) in [6.07, 6.45) is 4.47. The minimum absolute atomic E-state index is 0.00735. The van der Waals surface area contributed by atoms with Crippen LogP contribution in [0.2, 0.25) is 0 Å². The highest BCUT2D eigenvalue weighted by Gasteiger charge is 2.19. The molecule has 1 atom stereocenters. The number of amides is 1. The van der Waals surface area contributed by atoms with Crippen molar-refractivity contribution in [3.8, 4) is 0 Å². The van der Waals surface area contributed by atoms with Gasteiger partial charge in [0.15, 0.2) is 0 Å². The molecular formula is C15H22N2O2S. The fourth-order valence-corrected chi connectivity index (χ4v) is 3.72. The number of carbonyl (C=O) groups excluding carboxylic acids is 1. The Morgan fingerprint density at radius 3 is 2.55 bits per heavy atom. The Balaban J connectivity index is 2.03. The van der Waals surface area contributed by atoms with Gasteiger partial charge in [-0.2, -0.15) is 0 Å². The first kappa shape index (κ1) is 15.0. The van der Waals surface area contributed by atoms with Gasteiger partial charge >= 0.3 is 0 Å². The van der Waals surface area contributed by atoms with E-state index in [9.17, 15) is 9.00 Å². The normalized spacial score (nSPS) is 17.6. The summed E-state index contributed by atoms with van der Waals surface area (Å²) in [5.41, 5.74) is 7.23. The van der Waals surface area contributed by atoms with E-state index in [2.05, 4.69) is 0 Å². The van der Waals surface area contributed by atoms with Crippen LogP contribution in [-0.4, -0.2) is 33.9 Å². The van der Waals surface area contributed by atoms with E-state index in [1.807, 2.05) is 17.9 Å². The van der Waals surface area contributed by atoms with Gasteiger partial charge in [0.05, 0.1) is 10.8 Å². The molecule has 2 N–H and O–H groups in total. The van der Waals surface area contributed by atoms with Crippen molar-refractivity contribution in [2.45, 2.75) is 37.5 Å². The Kier molecular flexibility index (Phi) is 5.17. The third kappa shape index (κ3) is 3.82. The third-order valence-electron chi connectivity index (χ3n) is 3.67. The summed E-state index contributed by atoms with van der Waals surface area (Å²) in [6.45, 7) is 3.49. The smallest absolute Gasteiger partial charge is 0.235 e. The molecule has 0 bridgehead atoms. The monoisotopic (exact) mass is 294 g/mol. The molecule has 0 aromatic heterocycles. The molecule has 1 fully saturated rings. The molecule has 2 rings (SSSR count). The number of rotatable bonds is 3. The Bertz CT molecular complexity index is 509. The minimum Gasteiger partial charge on any atom is -0.399 e. The van der Waals surface area contributed by atoms with Crippen molar-refractivity contribution in [2.24, 2.45) is 0 Å². The number of hydrogen-bond acceptors (Lipinski definition) is 3. The third-order valence-corrected chi connectivity index (χ3v) is 5.11. The van der Waals surface area contributed by atoms with E-state index < -0.39 is 10.8 Å². The zero-order chi connectivity index (χ0) is 14.5. The van der Waals surface area contributed by atoms with E-state index in [0.29, 0.717) is 10.6 Å². The largest absolute Gasteiger partial charge is 0.399 e. The second-order valence-corrected chi connectivity index (χ2v) is 6.73. The van der Waals surface area contributed by atoms with Crippen LogP contribution in [0, 0.1) is 6.92 Å². The Labute approximate surface area is 122 Å². The molecule has 1 aromatic carbocycles. The molecule has 1 unspecified atom stereocenters. The molecule has 1 saturated heterocycles. The van der Waals surface area contributed by atoms with Crippen LogP contribution in [0.25, 0.3) is 0 Å². The number of nitrogens with two attached hydrogens (primary N) is 1. The number of benzene rings is 1. The summed E-state index contributed by atoms with van der Waals surface area (Å²) in [6, 6.07) is 5.34. The van der Waals surface area contributed by atoms with Crippen LogP contribution in [-0.2, 0) is 15.6 Å². The molecule has 0 aliphatic carbocycles. The molecule has 20 heavy (non-hydrogen) atoms. The molecule has 1 aromatic rings. The summed E-state index contributed by atoms with van der Waals surface area (Å²) in [4.78, 5) is 14.8. The molecule has 0 spiro atoms. The van der Waals surface area contributed by atoms with Crippen molar-refractivity contribution in [3.63, 3.8) is 0 Å². The predicted octanol–water partition coefficient (Wildman–Crippen LogP) is 2.09. The molecule has 0 saturated carbocycles. The number of anilines is 1. The van der Waals surface area contributed by atoms with Gasteiger partial charge in [-0.1, -0.05) is 18.9 Å². The second-order valence-electron chi connectivity index (χ2n) is 5.31. The molecule has 1 aliphatic heterocycles. The highest BCUT2D eigenvalue weighted by Crippen LogP contribution is 2.18. The zero-order valence-electron chi connectivity index (χ0n) is 11.9. The first-order valence-corrected chi connectivity index (χ1v) is 8.42. The summed E-state index contributed by atoms with van der Waals surface area (Å²) in [7, 11) is -1.31. The van der Waals surface area contributed by atoms with Crippen molar-refractivity contribution in [3.05, 3.63) is 23.8 Å². The highest BCUT2D eigenvalue weighted by molar-refractivity contribution is 7.85. The highest BCUT2D eigenvalue weighted by atomic mass is 32.2. The number of aryl methyl sites for hydroxylation is 1. The maximum atomic E-state index is 12.4. The van der Waals surface area contributed by atoms with Crippen molar-refractivity contribution in [1.29, 1.82) is 0 Å². The van der Waals surface area contributed by atoms with Crippen LogP contribution in [0.5, 0.6) is 0 Å². The Morgan fingerprint density at radius 2 is 1.90 bits per heavy atom. The van der Waals surface area contributed by atoms with Gasteiger partial charge in [0.25, 0.3) is 0 Å². The van der Waals surface area contributed by atoms with E-state index in [-0.39, 0.29) is 11.7 Å². The van der Waals surface area contributed by atoms with Crippen LogP contribution >= 0.6 is 0 Å². The fourth-order valence-electron chi connectivity index (χ4n) is 2.46. The van der Waals surface area contributed by atoms with Gasteiger partial charge in [0.2, 0.25) is 5.91 Å². The first-order valence-electron chi connectivity index (χ1n) is 7.10. The molecule has 110 valence electrons. The van der Waals surface area contributed by atoms with Crippen LogP contribution in [0.4, 0.5) is 5.69 Å². The number of likely N-dealkylation sites (tertiary alicyclic amines) is 1. The summed E-state index contributed by atoms with van der Waals surface area (Å²) >= 11 is 0. The fraction of sp³-hybridized carbons (Fsp3) is 0.533. The van der Waals surface area contributed by atoms with E-state index in [4.69, 9.17) is 5.73 Å². The number of nitrogen functional groups attached to an aromatic ring is 1. The van der Waals surface area contributed by atoms with Gasteiger partial charge in [-0.3, -0.25) is 9.00 Å². The van der Waals surface area contributed by atoms with Crippen molar-refractivity contribution >= 4 is 22.4 Å². The van der Waals surface area contributed by atoms with E-state index in [0.717, 1.165) is 31.5 Å². The quantitative estimate of drug-likeness (QED) is 0.868. The van der Waals surface area contributed by atoms with Gasteiger partial charge in [-0.05, 0) is 37.5 Å². The second kappa shape index (κ2) is 6.88. The molecular weight excluding hydrogens is 272 g/mol. The van der Waals surface area contributed by atoms with Gasteiger partial charge < -0.3 is 10.6 Å². The molecule has 5 heteroatoms. The van der Waals surface area contributed by atoms with Crippen molar-refractivity contribution < 1.29 is 9.00 Å². The van der Waals surface area contributed by atoms with E-state index in [1.54, 1.807) is 12.1 Å². The molecule has 1 amide bonds. The first-order chi connectivity index (χ1) is 9.58. The standard InChI is InChI=1S/C15H22N2O2S/c1-12-6-7-13(16)10-14(12)20(19)11-15(18)17-8-4-2-3-5-9-17/h6-7,10H,2-5,8-9,11,16H2,1H3. The van der Waals surface area contributed by atoms with Crippen LogP contribution in [0.3, 0.4) is 0 Å². The molecule has 1 aliphatic rings. The molecule has 4 nitrogen and oxygen atoms in total. The van der Waals surface area contributed by atoms with E-state index >= 15 is 0 Å². The Morgan fingerprint density at radius 1 is 1.25 bits per heavy atom. The van der Waals surface area contributed by atoms with Crippen LogP contribution < -0.4 is 5.73 Å². The van der Waals surface area contributed by atoms with Crippen LogP contribution in [0.1, 0.15) is 31.2 Å². The number of nitrogens with zero attached hydrogens (tertiary/aromatic N) is 1.